The second-order valence-electron chi connectivity index (χ2n) is 10.3. The van der Waals surface area contributed by atoms with Crippen LogP contribution in [0.5, 0.6) is 5.75 Å². The minimum atomic E-state index is -0.901. The molecule has 0 aliphatic rings. The molecular formula is C29H28F3N5O6. The average Bonchev–Trinajstić information content (AvgIpc) is 3.39. The van der Waals surface area contributed by atoms with Crippen molar-refractivity contribution in [1.29, 1.82) is 0 Å². The number of oxazole rings is 1. The van der Waals surface area contributed by atoms with Gasteiger partial charge in [-0.25, -0.2) is 22.9 Å². The van der Waals surface area contributed by atoms with E-state index in [0.717, 1.165) is 22.9 Å². The maximum Gasteiger partial charge on any atom is 0.412 e. The SMILES string of the molecule is COc1c(NC(=O)OC(C)(C)C)cnc(CNC(=O)c2cnc(Cc3ccc(Cn4cc(F)ccc4=O)c(F)c3)o2)c1F. The Bertz CT molecular complexity index is 1710. The standard InChI is InChI=1S/C29H28F3N5O6/c1-29(2,3)43-28(40)36-21-12-33-20(25(32)26(21)41-4)11-35-27(39)22-13-34-23(42-22)10-16-5-6-17(19(31)9-16)14-37-15-18(30)7-8-24(37)38/h5-9,12-13,15H,10-11,14H2,1-4H3,(H,35,39)(H,36,40). The Balaban J connectivity index is 1.37. The highest BCUT2D eigenvalue weighted by atomic mass is 19.1. The lowest BCUT2D eigenvalue weighted by molar-refractivity contribution is 0.0635. The van der Waals surface area contributed by atoms with Gasteiger partial charge in [-0.3, -0.25) is 19.9 Å². The summed E-state index contributed by atoms with van der Waals surface area (Å²) in [4.78, 5) is 44.5. The normalized spacial score (nSPS) is 11.2. The molecule has 226 valence electrons. The number of hydrogen-bond donors (Lipinski definition) is 2. The summed E-state index contributed by atoms with van der Waals surface area (Å²) in [5.74, 6) is -3.20. The number of halogens is 3. The molecule has 0 bridgehead atoms. The first-order chi connectivity index (χ1) is 20.3. The minimum absolute atomic E-state index is 0.0455. The van der Waals surface area contributed by atoms with Gasteiger partial charge in [-0.15, -0.1) is 0 Å². The van der Waals surface area contributed by atoms with Crippen molar-refractivity contribution >= 4 is 17.7 Å². The van der Waals surface area contributed by atoms with E-state index in [1.807, 2.05) is 0 Å². The van der Waals surface area contributed by atoms with Gasteiger partial charge in [0.25, 0.3) is 11.5 Å². The van der Waals surface area contributed by atoms with Crippen molar-refractivity contribution in [3.8, 4) is 5.75 Å². The zero-order valence-electron chi connectivity index (χ0n) is 23.7. The van der Waals surface area contributed by atoms with Crippen LogP contribution in [0.4, 0.5) is 23.7 Å². The molecule has 0 fully saturated rings. The number of carbonyl (C=O) groups excluding carboxylic acids is 2. The predicted octanol–water partition coefficient (Wildman–Crippen LogP) is 4.57. The molecule has 43 heavy (non-hydrogen) atoms. The molecule has 4 aromatic rings. The third kappa shape index (κ3) is 7.99. The molecule has 14 heteroatoms. The molecule has 3 aromatic heterocycles. The number of methoxy groups -OCH3 is 1. The molecule has 1 aromatic carbocycles. The number of ether oxygens (including phenoxy) is 2. The van der Waals surface area contributed by atoms with Gasteiger partial charge in [-0.2, -0.15) is 0 Å². The summed E-state index contributed by atoms with van der Waals surface area (Å²) in [5, 5.41) is 4.84. The van der Waals surface area contributed by atoms with Crippen LogP contribution in [-0.2, 0) is 24.2 Å². The van der Waals surface area contributed by atoms with Crippen molar-refractivity contribution < 1.29 is 36.7 Å². The molecule has 0 spiro atoms. The summed E-state index contributed by atoms with van der Waals surface area (Å²) in [6.45, 7) is 4.52. The van der Waals surface area contributed by atoms with Crippen LogP contribution >= 0.6 is 0 Å². The maximum absolute atomic E-state index is 15.0. The average molecular weight is 600 g/mol. The zero-order valence-corrected chi connectivity index (χ0v) is 23.7. The van der Waals surface area contributed by atoms with E-state index in [4.69, 9.17) is 13.9 Å². The Morgan fingerprint density at radius 2 is 1.84 bits per heavy atom. The number of nitrogens with one attached hydrogen (secondary N) is 2. The van der Waals surface area contributed by atoms with Crippen molar-refractivity contribution in [1.82, 2.24) is 19.9 Å². The molecule has 0 aliphatic heterocycles. The molecular weight excluding hydrogens is 571 g/mol. The van der Waals surface area contributed by atoms with Crippen LogP contribution in [0, 0.1) is 17.5 Å². The Morgan fingerprint density at radius 1 is 1.07 bits per heavy atom. The Labute approximate surface area is 243 Å². The van der Waals surface area contributed by atoms with Crippen LogP contribution < -0.4 is 20.9 Å². The lowest BCUT2D eigenvalue weighted by atomic mass is 10.1. The Morgan fingerprint density at radius 3 is 2.53 bits per heavy atom. The molecule has 0 saturated carbocycles. The van der Waals surface area contributed by atoms with E-state index in [-0.39, 0.29) is 53.9 Å². The fourth-order valence-electron chi connectivity index (χ4n) is 3.89. The van der Waals surface area contributed by atoms with Gasteiger partial charge in [-0.05, 0) is 38.5 Å². The summed E-state index contributed by atoms with van der Waals surface area (Å²) in [6, 6.07) is 6.37. The van der Waals surface area contributed by atoms with Gasteiger partial charge < -0.3 is 23.8 Å². The third-order valence-corrected chi connectivity index (χ3v) is 5.84. The number of nitrogens with zero attached hydrogens (tertiary/aromatic N) is 3. The van der Waals surface area contributed by atoms with E-state index < -0.39 is 40.6 Å². The highest BCUT2D eigenvalue weighted by molar-refractivity contribution is 5.91. The van der Waals surface area contributed by atoms with E-state index >= 15 is 4.39 Å². The van der Waals surface area contributed by atoms with Crippen molar-refractivity contribution in [2.45, 2.75) is 45.9 Å². The van der Waals surface area contributed by atoms with Crippen LogP contribution in [-0.4, -0.2) is 39.2 Å². The lowest BCUT2D eigenvalue weighted by Crippen LogP contribution is -2.27. The van der Waals surface area contributed by atoms with Gasteiger partial charge in [0.05, 0.1) is 38.3 Å². The third-order valence-electron chi connectivity index (χ3n) is 5.84. The second-order valence-corrected chi connectivity index (χ2v) is 10.3. The highest BCUT2D eigenvalue weighted by Crippen LogP contribution is 2.29. The molecule has 2 amide bonds. The number of hydrogen-bond acceptors (Lipinski definition) is 8. The number of aromatic nitrogens is 3. The first-order valence-electron chi connectivity index (χ1n) is 12.9. The number of amides is 2. The first-order valence-corrected chi connectivity index (χ1v) is 12.9. The number of benzene rings is 1. The van der Waals surface area contributed by atoms with Gasteiger partial charge in [-0.1, -0.05) is 12.1 Å². The smallest absolute Gasteiger partial charge is 0.412 e. The molecule has 11 nitrogen and oxygen atoms in total. The maximum atomic E-state index is 15.0. The van der Waals surface area contributed by atoms with Crippen LogP contribution in [0.3, 0.4) is 0 Å². The molecule has 0 atom stereocenters. The van der Waals surface area contributed by atoms with Crippen molar-refractivity contribution in [3.05, 3.63) is 105 Å². The predicted molar refractivity (Wildman–Crippen MR) is 147 cm³/mol. The quantitative estimate of drug-likeness (QED) is 0.285. The van der Waals surface area contributed by atoms with Crippen LogP contribution in [0.15, 0.2) is 58.1 Å². The molecule has 0 unspecified atom stereocenters. The summed E-state index contributed by atoms with van der Waals surface area (Å²) >= 11 is 0. The monoisotopic (exact) mass is 599 g/mol. The zero-order chi connectivity index (χ0) is 31.3. The van der Waals surface area contributed by atoms with Gasteiger partial charge in [0.1, 0.15) is 22.9 Å². The van der Waals surface area contributed by atoms with Crippen molar-refractivity contribution in [2.24, 2.45) is 0 Å². The summed E-state index contributed by atoms with van der Waals surface area (Å²) in [7, 11) is 1.21. The molecule has 4 rings (SSSR count). The summed E-state index contributed by atoms with van der Waals surface area (Å²) in [6.07, 6.45) is 2.55. The second kappa shape index (κ2) is 12.8. The van der Waals surface area contributed by atoms with E-state index in [2.05, 4.69) is 20.6 Å². The molecule has 2 N–H and O–H groups in total. The summed E-state index contributed by atoms with van der Waals surface area (Å²) < 4.78 is 59.9. The van der Waals surface area contributed by atoms with E-state index in [1.165, 1.54) is 31.6 Å². The highest BCUT2D eigenvalue weighted by Gasteiger charge is 2.22. The van der Waals surface area contributed by atoms with E-state index in [1.54, 1.807) is 26.8 Å². The Hall–Kier alpha value is -5.14. The number of pyridine rings is 2. The molecule has 0 saturated heterocycles. The Kier molecular flexibility index (Phi) is 9.17. The molecule has 0 aliphatic carbocycles. The fraction of sp³-hybridized carbons (Fsp3) is 0.276. The van der Waals surface area contributed by atoms with Gasteiger partial charge in [0.15, 0.2) is 17.5 Å². The first kappa shape index (κ1) is 30.8. The van der Waals surface area contributed by atoms with Crippen LogP contribution in [0.1, 0.15) is 54.0 Å². The number of rotatable bonds is 9. The van der Waals surface area contributed by atoms with Crippen molar-refractivity contribution in [3.63, 3.8) is 0 Å². The van der Waals surface area contributed by atoms with Gasteiger partial charge in [0.2, 0.25) is 5.76 Å². The van der Waals surface area contributed by atoms with Gasteiger partial charge in [0, 0.05) is 24.2 Å². The van der Waals surface area contributed by atoms with Gasteiger partial charge >= 0.3 is 6.09 Å². The van der Waals surface area contributed by atoms with E-state index in [0.29, 0.717) is 5.56 Å². The van der Waals surface area contributed by atoms with E-state index in [9.17, 15) is 23.2 Å². The molecule has 3 heterocycles. The van der Waals surface area contributed by atoms with Crippen LogP contribution in [0.2, 0.25) is 0 Å². The fourth-order valence-corrected chi connectivity index (χ4v) is 3.89. The number of carbonyl (C=O) groups is 2. The number of anilines is 1. The summed E-state index contributed by atoms with van der Waals surface area (Å²) in [5.41, 5.74) is -0.828. The van der Waals surface area contributed by atoms with Crippen LogP contribution in [0.25, 0.3) is 0 Å². The van der Waals surface area contributed by atoms with Crippen molar-refractivity contribution in [2.75, 3.05) is 12.4 Å². The molecule has 0 radical (unpaired) electrons. The largest absolute Gasteiger partial charge is 0.491 e. The minimum Gasteiger partial charge on any atom is -0.491 e. The topological polar surface area (TPSA) is 138 Å². The lowest BCUT2D eigenvalue weighted by Gasteiger charge is -2.20.